The van der Waals surface area contributed by atoms with Crippen LogP contribution in [0.2, 0.25) is 0 Å². The average molecular weight is 347 g/mol. The Morgan fingerprint density at radius 2 is 1.60 bits per heavy atom. The number of carbonyl (C=O) groups is 3. The first kappa shape index (κ1) is 20.7. The van der Waals surface area contributed by atoms with Crippen LogP contribution < -0.4 is 16.4 Å². The highest BCUT2D eigenvalue weighted by atomic mass is 16.2. The fourth-order valence-electron chi connectivity index (χ4n) is 2.82. The number of primary amides is 1. The number of aryl methyl sites for hydroxylation is 2. The number of benzene rings is 1. The minimum Gasteiger partial charge on any atom is -0.368 e. The van der Waals surface area contributed by atoms with Crippen molar-refractivity contribution in [1.82, 2.24) is 10.6 Å². The molecule has 0 aliphatic heterocycles. The summed E-state index contributed by atoms with van der Waals surface area (Å²) in [6.45, 7) is 9.21. The van der Waals surface area contributed by atoms with E-state index in [1.807, 2.05) is 45.9 Å². The molecule has 0 radical (unpaired) electrons. The summed E-state index contributed by atoms with van der Waals surface area (Å²) < 4.78 is 0. The molecule has 25 heavy (non-hydrogen) atoms. The Kier molecular flexibility index (Phi) is 7.61. The highest BCUT2D eigenvalue weighted by molar-refractivity contribution is 5.91. The molecule has 0 saturated carbocycles. The SMILES string of the molecule is CC(=O)N[C@@H](CC(C)C)C(=O)N[C@@H](Cc1c(C)cccc1C)C(N)=O. The molecule has 1 rings (SSSR count). The molecule has 0 aliphatic carbocycles. The number of rotatable bonds is 8. The normalized spacial score (nSPS) is 13.2. The number of nitrogens with one attached hydrogen (secondary N) is 2. The van der Waals surface area contributed by atoms with Crippen LogP contribution in [0.15, 0.2) is 18.2 Å². The summed E-state index contributed by atoms with van der Waals surface area (Å²) in [5, 5.41) is 5.34. The van der Waals surface area contributed by atoms with Gasteiger partial charge < -0.3 is 16.4 Å². The Hall–Kier alpha value is -2.37. The number of amides is 3. The maximum absolute atomic E-state index is 12.6. The smallest absolute Gasteiger partial charge is 0.243 e. The van der Waals surface area contributed by atoms with Crippen LogP contribution in [-0.4, -0.2) is 29.8 Å². The first-order valence-electron chi connectivity index (χ1n) is 8.53. The molecule has 0 aliphatic rings. The van der Waals surface area contributed by atoms with Gasteiger partial charge in [-0.25, -0.2) is 0 Å². The zero-order valence-electron chi connectivity index (χ0n) is 15.7. The minimum absolute atomic E-state index is 0.216. The number of hydrogen-bond donors (Lipinski definition) is 3. The van der Waals surface area contributed by atoms with E-state index < -0.39 is 18.0 Å². The Labute approximate surface area is 149 Å². The molecule has 138 valence electrons. The monoisotopic (exact) mass is 347 g/mol. The van der Waals surface area contributed by atoms with Gasteiger partial charge in [-0.2, -0.15) is 0 Å². The first-order valence-corrected chi connectivity index (χ1v) is 8.53. The van der Waals surface area contributed by atoms with Gasteiger partial charge in [-0.3, -0.25) is 14.4 Å². The molecule has 1 aromatic rings. The number of carbonyl (C=O) groups excluding carboxylic acids is 3. The van der Waals surface area contributed by atoms with E-state index in [2.05, 4.69) is 10.6 Å². The van der Waals surface area contributed by atoms with Crippen LogP contribution in [0.4, 0.5) is 0 Å². The molecule has 6 heteroatoms. The average Bonchev–Trinajstić information content (AvgIpc) is 2.47. The fraction of sp³-hybridized carbons (Fsp3) is 0.526. The van der Waals surface area contributed by atoms with Gasteiger partial charge in [-0.15, -0.1) is 0 Å². The van der Waals surface area contributed by atoms with E-state index in [4.69, 9.17) is 5.73 Å². The predicted molar refractivity (Wildman–Crippen MR) is 97.8 cm³/mol. The molecule has 4 N–H and O–H groups in total. The van der Waals surface area contributed by atoms with E-state index in [9.17, 15) is 14.4 Å². The number of nitrogens with two attached hydrogens (primary N) is 1. The molecule has 0 unspecified atom stereocenters. The van der Waals surface area contributed by atoms with Gasteiger partial charge in [-0.1, -0.05) is 32.0 Å². The van der Waals surface area contributed by atoms with Gasteiger partial charge in [-0.05, 0) is 42.9 Å². The number of hydrogen-bond acceptors (Lipinski definition) is 3. The first-order chi connectivity index (χ1) is 11.6. The van der Waals surface area contributed by atoms with Crippen molar-refractivity contribution >= 4 is 17.7 Å². The minimum atomic E-state index is -0.823. The molecule has 0 bridgehead atoms. The highest BCUT2D eigenvalue weighted by Crippen LogP contribution is 2.16. The Balaban J connectivity index is 2.93. The van der Waals surface area contributed by atoms with Gasteiger partial charge in [0.1, 0.15) is 12.1 Å². The van der Waals surface area contributed by atoms with Gasteiger partial charge in [0.05, 0.1) is 0 Å². The zero-order chi connectivity index (χ0) is 19.1. The summed E-state index contributed by atoms with van der Waals surface area (Å²) in [5.74, 6) is -1.06. The topological polar surface area (TPSA) is 101 Å². The second-order valence-corrected chi connectivity index (χ2v) is 6.92. The third-order valence-corrected chi connectivity index (χ3v) is 4.11. The quantitative estimate of drug-likeness (QED) is 0.662. The lowest BCUT2D eigenvalue weighted by atomic mass is 9.95. The lowest BCUT2D eigenvalue weighted by molar-refractivity contribution is -0.131. The largest absolute Gasteiger partial charge is 0.368 e. The van der Waals surface area contributed by atoms with Crippen LogP contribution in [0.3, 0.4) is 0 Å². The van der Waals surface area contributed by atoms with Crippen molar-refractivity contribution in [2.24, 2.45) is 11.7 Å². The van der Waals surface area contributed by atoms with Crippen LogP contribution in [0, 0.1) is 19.8 Å². The predicted octanol–water partition coefficient (Wildman–Crippen LogP) is 1.37. The third-order valence-electron chi connectivity index (χ3n) is 4.11. The maximum atomic E-state index is 12.6. The van der Waals surface area contributed by atoms with Crippen molar-refractivity contribution in [3.8, 4) is 0 Å². The summed E-state index contributed by atoms with van der Waals surface area (Å²) in [6, 6.07) is 4.36. The van der Waals surface area contributed by atoms with E-state index in [0.29, 0.717) is 12.8 Å². The molecule has 0 spiro atoms. The van der Waals surface area contributed by atoms with Gasteiger partial charge in [0.2, 0.25) is 17.7 Å². The van der Waals surface area contributed by atoms with Crippen LogP contribution in [0.1, 0.15) is 43.9 Å². The van der Waals surface area contributed by atoms with Crippen LogP contribution in [0.25, 0.3) is 0 Å². The van der Waals surface area contributed by atoms with Crippen LogP contribution >= 0.6 is 0 Å². The van der Waals surface area contributed by atoms with Gasteiger partial charge >= 0.3 is 0 Å². The molecular weight excluding hydrogens is 318 g/mol. The standard InChI is InChI=1S/C19H29N3O3/c1-11(2)9-17(21-14(5)23)19(25)22-16(18(20)24)10-15-12(3)7-6-8-13(15)4/h6-8,11,16-17H,9-10H2,1-5H3,(H2,20,24)(H,21,23)(H,22,25)/t16-,17-/m0/s1. The Bertz CT molecular complexity index is 621. The zero-order valence-corrected chi connectivity index (χ0v) is 15.7. The van der Waals surface area contributed by atoms with E-state index in [1.165, 1.54) is 6.92 Å². The molecule has 3 amide bonds. The second kappa shape index (κ2) is 9.20. The van der Waals surface area contributed by atoms with Crippen molar-refractivity contribution in [3.05, 3.63) is 34.9 Å². The highest BCUT2D eigenvalue weighted by Gasteiger charge is 2.26. The Morgan fingerprint density at radius 3 is 2.04 bits per heavy atom. The van der Waals surface area contributed by atoms with Gasteiger partial charge in [0.15, 0.2) is 0 Å². The van der Waals surface area contributed by atoms with Crippen LogP contribution in [0.5, 0.6) is 0 Å². The summed E-state index contributed by atoms with van der Waals surface area (Å²) in [4.78, 5) is 35.8. The van der Waals surface area contributed by atoms with Crippen molar-refractivity contribution in [2.75, 3.05) is 0 Å². The molecule has 0 heterocycles. The summed E-state index contributed by atoms with van der Waals surface area (Å²) in [5.41, 5.74) is 8.57. The summed E-state index contributed by atoms with van der Waals surface area (Å²) in [6.07, 6.45) is 0.814. The third kappa shape index (κ3) is 6.57. The van der Waals surface area contributed by atoms with E-state index >= 15 is 0 Å². The van der Waals surface area contributed by atoms with Gasteiger partial charge in [0, 0.05) is 13.3 Å². The molecular formula is C19H29N3O3. The molecule has 0 aromatic heterocycles. The van der Waals surface area contributed by atoms with Crippen molar-refractivity contribution < 1.29 is 14.4 Å². The maximum Gasteiger partial charge on any atom is 0.243 e. The fourth-order valence-corrected chi connectivity index (χ4v) is 2.82. The van der Waals surface area contributed by atoms with Crippen molar-refractivity contribution in [2.45, 2.75) is 59.5 Å². The van der Waals surface area contributed by atoms with E-state index in [1.54, 1.807) is 0 Å². The van der Waals surface area contributed by atoms with E-state index in [0.717, 1.165) is 16.7 Å². The lowest BCUT2D eigenvalue weighted by Crippen LogP contribution is -2.53. The molecule has 1 aromatic carbocycles. The summed E-state index contributed by atoms with van der Waals surface area (Å²) in [7, 11) is 0. The van der Waals surface area contributed by atoms with Crippen LogP contribution in [-0.2, 0) is 20.8 Å². The lowest BCUT2D eigenvalue weighted by Gasteiger charge is -2.23. The molecule has 6 nitrogen and oxygen atoms in total. The summed E-state index contributed by atoms with van der Waals surface area (Å²) >= 11 is 0. The second-order valence-electron chi connectivity index (χ2n) is 6.92. The van der Waals surface area contributed by atoms with E-state index in [-0.39, 0.29) is 17.7 Å². The van der Waals surface area contributed by atoms with Gasteiger partial charge in [0.25, 0.3) is 0 Å². The molecule has 0 saturated heterocycles. The Morgan fingerprint density at radius 1 is 1.04 bits per heavy atom. The molecule has 2 atom stereocenters. The molecule has 0 fully saturated rings. The van der Waals surface area contributed by atoms with Crippen molar-refractivity contribution in [1.29, 1.82) is 0 Å². The van der Waals surface area contributed by atoms with Crippen molar-refractivity contribution in [3.63, 3.8) is 0 Å².